The summed E-state index contributed by atoms with van der Waals surface area (Å²) in [5, 5.41) is 5.83. The molecule has 2 aromatic carbocycles. The Morgan fingerprint density at radius 3 is 2.50 bits per heavy atom. The van der Waals surface area contributed by atoms with Crippen LogP contribution >= 0.6 is 22.9 Å². The summed E-state index contributed by atoms with van der Waals surface area (Å²) >= 11 is 7.61. The second-order valence-corrected chi connectivity index (χ2v) is 9.94. The molecule has 0 unspecified atom stereocenters. The quantitative estimate of drug-likeness (QED) is 0.507. The van der Waals surface area contributed by atoms with E-state index in [4.69, 9.17) is 11.6 Å². The zero-order valence-corrected chi connectivity index (χ0v) is 19.2. The predicted octanol–water partition coefficient (Wildman–Crippen LogP) is 5.94. The van der Waals surface area contributed by atoms with Gasteiger partial charge in [-0.3, -0.25) is 9.59 Å². The molecular weight excluding hydrogens is 440 g/mol. The third kappa shape index (κ3) is 3.96. The van der Waals surface area contributed by atoms with E-state index >= 15 is 0 Å². The number of nitrogens with zero attached hydrogens (tertiary/aromatic N) is 1. The molecule has 3 aromatic rings. The second-order valence-electron chi connectivity index (χ2n) is 8.52. The summed E-state index contributed by atoms with van der Waals surface area (Å²) < 4.78 is 0. The van der Waals surface area contributed by atoms with Crippen LogP contribution in [0.3, 0.4) is 0 Å². The normalized spacial score (nSPS) is 20.9. The standard InChI is InChI=1S/C26H25ClN2O2S/c27-18-13-11-17(12-14-18)16-28-25(30)23-20-8-3-4-9-21(20)26(31)29(19-6-1-2-7-19)24(23)22-10-5-15-32-22/h3-5,8-15,19,23-24H,1-2,6-7,16H2,(H,28,30)/t23-,24+/m1/s1. The van der Waals surface area contributed by atoms with Crippen molar-refractivity contribution in [3.63, 3.8) is 0 Å². The minimum Gasteiger partial charge on any atom is -0.351 e. The molecule has 5 rings (SSSR count). The fourth-order valence-electron chi connectivity index (χ4n) is 5.08. The Morgan fingerprint density at radius 2 is 1.78 bits per heavy atom. The number of hydrogen-bond donors (Lipinski definition) is 1. The van der Waals surface area contributed by atoms with Gasteiger partial charge in [0.05, 0.1) is 12.0 Å². The largest absolute Gasteiger partial charge is 0.351 e. The van der Waals surface area contributed by atoms with E-state index in [0.29, 0.717) is 17.1 Å². The molecule has 2 atom stereocenters. The van der Waals surface area contributed by atoms with Crippen LogP contribution < -0.4 is 5.32 Å². The van der Waals surface area contributed by atoms with Gasteiger partial charge in [-0.25, -0.2) is 0 Å². The van der Waals surface area contributed by atoms with Crippen LogP contribution in [0.4, 0.5) is 0 Å². The summed E-state index contributed by atoms with van der Waals surface area (Å²) in [4.78, 5) is 30.5. The third-order valence-corrected chi connectivity index (χ3v) is 7.79. The van der Waals surface area contributed by atoms with Gasteiger partial charge in [0.15, 0.2) is 0 Å². The van der Waals surface area contributed by atoms with Gasteiger partial charge >= 0.3 is 0 Å². The maximum atomic E-state index is 13.7. The third-order valence-electron chi connectivity index (χ3n) is 6.59. The van der Waals surface area contributed by atoms with Crippen LogP contribution in [-0.2, 0) is 11.3 Å². The molecule has 164 valence electrons. The Bertz CT molecular complexity index is 1110. The molecule has 32 heavy (non-hydrogen) atoms. The first kappa shape index (κ1) is 21.2. The summed E-state index contributed by atoms with van der Waals surface area (Å²) in [6, 6.07) is 19.0. The molecule has 2 heterocycles. The van der Waals surface area contributed by atoms with Crippen molar-refractivity contribution in [2.45, 2.75) is 50.2 Å². The highest BCUT2D eigenvalue weighted by atomic mass is 35.5. The lowest BCUT2D eigenvalue weighted by Crippen LogP contribution is -2.50. The van der Waals surface area contributed by atoms with E-state index < -0.39 is 5.92 Å². The van der Waals surface area contributed by atoms with Crippen LogP contribution in [0.2, 0.25) is 5.02 Å². The summed E-state index contributed by atoms with van der Waals surface area (Å²) in [5.41, 5.74) is 2.46. The van der Waals surface area contributed by atoms with Crippen molar-refractivity contribution in [3.8, 4) is 0 Å². The maximum absolute atomic E-state index is 13.7. The van der Waals surface area contributed by atoms with Crippen LogP contribution in [0.25, 0.3) is 0 Å². The molecule has 4 nitrogen and oxygen atoms in total. The van der Waals surface area contributed by atoms with E-state index in [0.717, 1.165) is 41.7 Å². The van der Waals surface area contributed by atoms with E-state index in [2.05, 4.69) is 11.4 Å². The topological polar surface area (TPSA) is 49.4 Å². The number of rotatable bonds is 5. The van der Waals surface area contributed by atoms with Crippen molar-refractivity contribution in [1.82, 2.24) is 10.2 Å². The second kappa shape index (κ2) is 9.08. The van der Waals surface area contributed by atoms with Crippen molar-refractivity contribution in [3.05, 3.63) is 92.6 Å². The summed E-state index contributed by atoms with van der Waals surface area (Å²) in [5.74, 6) is -0.454. The molecule has 1 aliphatic carbocycles. The molecule has 1 saturated carbocycles. The van der Waals surface area contributed by atoms with Gasteiger partial charge in [0.25, 0.3) is 5.91 Å². The smallest absolute Gasteiger partial charge is 0.254 e. The highest BCUT2D eigenvalue weighted by Gasteiger charge is 2.47. The van der Waals surface area contributed by atoms with Gasteiger partial charge in [-0.05, 0) is 53.6 Å². The van der Waals surface area contributed by atoms with Gasteiger partial charge in [0, 0.05) is 28.0 Å². The number of benzene rings is 2. The van der Waals surface area contributed by atoms with Crippen molar-refractivity contribution in [1.29, 1.82) is 0 Å². The zero-order chi connectivity index (χ0) is 22.1. The van der Waals surface area contributed by atoms with Gasteiger partial charge in [0.1, 0.15) is 0 Å². The maximum Gasteiger partial charge on any atom is 0.254 e. The van der Waals surface area contributed by atoms with Crippen LogP contribution in [0.5, 0.6) is 0 Å². The molecule has 1 aliphatic heterocycles. The van der Waals surface area contributed by atoms with Gasteiger partial charge in [0.2, 0.25) is 5.91 Å². The van der Waals surface area contributed by atoms with Crippen LogP contribution in [0, 0.1) is 0 Å². The van der Waals surface area contributed by atoms with E-state index in [1.807, 2.05) is 64.9 Å². The Hall–Kier alpha value is -2.63. The molecule has 6 heteroatoms. The lowest BCUT2D eigenvalue weighted by atomic mass is 9.80. The Morgan fingerprint density at radius 1 is 1.03 bits per heavy atom. The van der Waals surface area contributed by atoms with Gasteiger partial charge < -0.3 is 10.2 Å². The average molecular weight is 465 g/mol. The SMILES string of the molecule is O=C(NCc1ccc(Cl)cc1)[C@@H]1c2ccccc2C(=O)N(C2CCCC2)[C@H]1c1cccs1. The first-order valence-electron chi connectivity index (χ1n) is 11.1. The summed E-state index contributed by atoms with van der Waals surface area (Å²) in [6.07, 6.45) is 4.24. The van der Waals surface area contributed by atoms with Crippen molar-refractivity contribution in [2.24, 2.45) is 0 Å². The fourth-order valence-corrected chi connectivity index (χ4v) is 6.07. The first-order chi connectivity index (χ1) is 15.6. The predicted molar refractivity (Wildman–Crippen MR) is 128 cm³/mol. The molecule has 0 radical (unpaired) electrons. The molecular formula is C26H25ClN2O2S. The van der Waals surface area contributed by atoms with Gasteiger partial charge in [-0.1, -0.05) is 60.8 Å². The number of fused-ring (bicyclic) bond motifs is 1. The van der Waals surface area contributed by atoms with Crippen molar-refractivity contribution < 1.29 is 9.59 Å². The number of carbonyl (C=O) groups excluding carboxylic acids is 2. The molecule has 1 N–H and O–H groups in total. The molecule has 0 saturated heterocycles. The highest BCUT2D eigenvalue weighted by molar-refractivity contribution is 7.10. The first-order valence-corrected chi connectivity index (χ1v) is 12.4. The number of amides is 2. The monoisotopic (exact) mass is 464 g/mol. The lowest BCUT2D eigenvalue weighted by Gasteiger charge is -2.44. The Labute approximate surface area is 197 Å². The summed E-state index contributed by atoms with van der Waals surface area (Å²) in [7, 11) is 0. The number of halogens is 1. The Kier molecular flexibility index (Phi) is 6.03. The van der Waals surface area contributed by atoms with Gasteiger partial charge in [-0.2, -0.15) is 0 Å². The lowest BCUT2D eigenvalue weighted by molar-refractivity contribution is -0.124. The number of carbonyl (C=O) groups is 2. The van der Waals surface area contributed by atoms with Crippen LogP contribution in [-0.4, -0.2) is 22.8 Å². The van der Waals surface area contributed by atoms with Gasteiger partial charge in [-0.15, -0.1) is 11.3 Å². The molecule has 2 aliphatic rings. The molecule has 2 amide bonds. The molecule has 0 bridgehead atoms. The molecule has 1 aromatic heterocycles. The molecule has 0 spiro atoms. The van der Waals surface area contributed by atoms with Crippen molar-refractivity contribution >= 4 is 34.8 Å². The molecule has 1 fully saturated rings. The number of thiophene rings is 1. The van der Waals surface area contributed by atoms with E-state index in [-0.39, 0.29) is 23.9 Å². The van der Waals surface area contributed by atoms with Crippen LogP contribution in [0.1, 0.15) is 64.0 Å². The van der Waals surface area contributed by atoms with E-state index in [9.17, 15) is 9.59 Å². The minimum atomic E-state index is -0.449. The average Bonchev–Trinajstić information content (AvgIpc) is 3.53. The zero-order valence-electron chi connectivity index (χ0n) is 17.7. The van der Waals surface area contributed by atoms with Crippen molar-refractivity contribution in [2.75, 3.05) is 0 Å². The van der Waals surface area contributed by atoms with E-state index in [1.54, 1.807) is 11.3 Å². The number of hydrogen-bond acceptors (Lipinski definition) is 3. The minimum absolute atomic E-state index is 0.0488. The van der Waals surface area contributed by atoms with Crippen LogP contribution in [0.15, 0.2) is 66.0 Å². The Balaban J connectivity index is 1.53. The van der Waals surface area contributed by atoms with E-state index in [1.165, 1.54) is 0 Å². The summed E-state index contributed by atoms with van der Waals surface area (Å²) in [6.45, 7) is 0.420. The number of nitrogens with one attached hydrogen (secondary N) is 1. The fraction of sp³-hybridized carbons (Fsp3) is 0.308. The highest BCUT2D eigenvalue weighted by Crippen LogP contribution is 2.47.